The zero-order valence-electron chi connectivity index (χ0n) is 12.5. The molecule has 0 aliphatic carbocycles. The Bertz CT molecular complexity index is 685. The molecule has 1 aliphatic heterocycles. The summed E-state index contributed by atoms with van der Waals surface area (Å²) < 4.78 is 10.7. The minimum Gasteiger partial charge on any atom is -0.484 e. The maximum atomic E-state index is 12.0. The van der Waals surface area contributed by atoms with E-state index in [0.29, 0.717) is 17.3 Å². The van der Waals surface area contributed by atoms with E-state index in [1.165, 1.54) is 16.8 Å². The summed E-state index contributed by atoms with van der Waals surface area (Å²) in [5.74, 6) is 0.971. The molecule has 1 saturated heterocycles. The molecule has 6 nitrogen and oxygen atoms in total. The van der Waals surface area contributed by atoms with Crippen molar-refractivity contribution in [3.8, 4) is 5.75 Å². The van der Waals surface area contributed by atoms with Gasteiger partial charge in [-0.25, -0.2) is 5.01 Å². The Hall–Kier alpha value is -2.41. The molecule has 1 aliphatic rings. The summed E-state index contributed by atoms with van der Waals surface area (Å²) in [4.78, 5) is 24.0. The minimum absolute atomic E-state index is 0.164. The number of hydrazine groups is 1. The van der Waals surface area contributed by atoms with Crippen molar-refractivity contribution in [3.63, 3.8) is 0 Å². The van der Waals surface area contributed by atoms with E-state index in [1.807, 2.05) is 19.1 Å². The Morgan fingerprint density at radius 3 is 2.87 bits per heavy atom. The molecule has 1 fully saturated rings. The van der Waals surface area contributed by atoms with Crippen LogP contribution >= 0.6 is 11.8 Å². The van der Waals surface area contributed by atoms with Gasteiger partial charge in [-0.2, -0.15) is 0 Å². The summed E-state index contributed by atoms with van der Waals surface area (Å²) >= 11 is 1.40. The van der Waals surface area contributed by atoms with Crippen LogP contribution < -0.4 is 10.2 Å². The summed E-state index contributed by atoms with van der Waals surface area (Å²) in [7, 11) is 0. The summed E-state index contributed by atoms with van der Waals surface area (Å²) in [6.45, 7) is 1.81. The van der Waals surface area contributed by atoms with Crippen LogP contribution in [0.4, 0.5) is 0 Å². The first-order valence-corrected chi connectivity index (χ1v) is 8.14. The third-order valence-corrected chi connectivity index (χ3v) is 4.46. The highest BCUT2D eigenvalue weighted by atomic mass is 32.2. The second-order valence-corrected chi connectivity index (χ2v) is 6.15. The number of hydrogen-bond donors (Lipinski definition) is 1. The SMILES string of the molecule is Cc1ccc(OCC(=O)NN2C(=O)CSC2c2ccco2)cc1. The number of benzene rings is 1. The van der Waals surface area contributed by atoms with Crippen LogP contribution in [0.5, 0.6) is 5.75 Å². The molecule has 1 N–H and O–H groups in total. The zero-order valence-corrected chi connectivity index (χ0v) is 13.3. The summed E-state index contributed by atoms with van der Waals surface area (Å²) in [6.07, 6.45) is 1.54. The van der Waals surface area contributed by atoms with Crippen molar-refractivity contribution in [2.24, 2.45) is 0 Å². The lowest BCUT2D eigenvalue weighted by Gasteiger charge is -2.22. The number of amides is 2. The third kappa shape index (κ3) is 3.68. The van der Waals surface area contributed by atoms with E-state index in [4.69, 9.17) is 9.15 Å². The second-order valence-electron chi connectivity index (χ2n) is 5.08. The molecular formula is C16H16N2O4S. The van der Waals surface area contributed by atoms with Crippen LogP contribution in [0.25, 0.3) is 0 Å². The number of hydrogen-bond acceptors (Lipinski definition) is 5. The number of furan rings is 1. The molecule has 1 unspecified atom stereocenters. The Labute approximate surface area is 137 Å². The predicted molar refractivity (Wildman–Crippen MR) is 85.6 cm³/mol. The van der Waals surface area contributed by atoms with Crippen LogP contribution in [-0.2, 0) is 9.59 Å². The van der Waals surface area contributed by atoms with E-state index >= 15 is 0 Å². The average molecular weight is 332 g/mol. The Balaban J connectivity index is 1.57. The lowest BCUT2D eigenvalue weighted by atomic mass is 10.2. The molecule has 1 atom stereocenters. The number of nitrogens with zero attached hydrogens (tertiary/aromatic N) is 1. The standard InChI is InChI=1S/C16H16N2O4S/c1-11-4-6-12(7-5-11)22-9-14(19)17-18-15(20)10-23-16(18)13-3-2-8-21-13/h2-8,16H,9-10H2,1H3,(H,17,19). The number of carbonyl (C=O) groups is 2. The van der Waals surface area contributed by atoms with E-state index in [2.05, 4.69) is 5.43 Å². The van der Waals surface area contributed by atoms with Gasteiger partial charge in [0.1, 0.15) is 11.5 Å². The van der Waals surface area contributed by atoms with Crippen molar-refractivity contribution in [2.75, 3.05) is 12.4 Å². The molecule has 0 saturated carbocycles. The number of aryl methyl sites for hydroxylation is 1. The Morgan fingerprint density at radius 1 is 1.39 bits per heavy atom. The van der Waals surface area contributed by atoms with Crippen LogP contribution in [-0.4, -0.2) is 29.2 Å². The van der Waals surface area contributed by atoms with Gasteiger partial charge in [0, 0.05) is 0 Å². The molecule has 2 heterocycles. The van der Waals surface area contributed by atoms with Gasteiger partial charge in [-0.1, -0.05) is 17.7 Å². The van der Waals surface area contributed by atoms with E-state index in [-0.39, 0.29) is 17.9 Å². The van der Waals surface area contributed by atoms with Gasteiger partial charge in [-0.3, -0.25) is 15.0 Å². The molecule has 7 heteroatoms. The molecule has 23 heavy (non-hydrogen) atoms. The maximum absolute atomic E-state index is 12.0. The van der Waals surface area contributed by atoms with Gasteiger partial charge in [0.05, 0.1) is 12.0 Å². The molecule has 0 bridgehead atoms. The first kappa shape index (κ1) is 15.5. The van der Waals surface area contributed by atoms with E-state index in [9.17, 15) is 9.59 Å². The van der Waals surface area contributed by atoms with Gasteiger partial charge in [0.15, 0.2) is 12.0 Å². The van der Waals surface area contributed by atoms with Crippen molar-refractivity contribution in [1.29, 1.82) is 0 Å². The van der Waals surface area contributed by atoms with Crippen molar-refractivity contribution >= 4 is 23.6 Å². The van der Waals surface area contributed by atoms with Gasteiger partial charge in [-0.15, -0.1) is 11.8 Å². The van der Waals surface area contributed by atoms with E-state index < -0.39 is 5.91 Å². The van der Waals surface area contributed by atoms with Crippen molar-refractivity contribution in [2.45, 2.75) is 12.3 Å². The fourth-order valence-corrected chi connectivity index (χ4v) is 3.19. The first-order valence-electron chi connectivity index (χ1n) is 7.09. The van der Waals surface area contributed by atoms with Gasteiger partial charge in [-0.05, 0) is 31.2 Å². The van der Waals surface area contributed by atoms with Crippen molar-refractivity contribution in [1.82, 2.24) is 10.4 Å². The molecule has 0 spiro atoms. The first-order chi connectivity index (χ1) is 11.1. The summed E-state index contributed by atoms with van der Waals surface area (Å²) in [5, 5.41) is 0.950. The number of rotatable bonds is 5. The van der Waals surface area contributed by atoms with Gasteiger partial charge in [0.25, 0.3) is 11.8 Å². The number of carbonyl (C=O) groups excluding carboxylic acids is 2. The largest absolute Gasteiger partial charge is 0.484 e. The molecule has 2 aromatic rings. The highest BCUT2D eigenvalue weighted by Gasteiger charge is 2.36. The Kier molecular flexibility index (Phi) is 4.57. The number of ether oxygens (including phenoxy) is 1. The summed E-state index contributed by atoms with van der Waals surface area (Å²) in [5.41, 5.74) is 3.70. The molecular weight excluding hydrogens is 316 g/mol. The molecule has 120 valence electrons. The van der Waals surface area contributed by atoms with Crippen LogP contribution in [0.3, 0.4) is 0 Å². The Morgan fingerprint density at radius 2 is 2.17 bits per heavy atom. The molecule has 0 radical (unpaired) electrons. The smallest absolute Gasteiger partial charge is 0.276 e. The summed E-state index contributed by atoms with van der Waals surface area (Å²) in [6, 6.07) is 10.9. The number of thioether (sulfide) groups is 1. The van der Waals surface area contributed by atoms with Gasteiger partial charge < -0.3 is 9.15 Å². The van der Waals surface area contributed by atoms with Crippen LogP contribution in [0.2, 0.25) is 0 Å². The van der Waals surface area contributed by atoms with Crippen molar-refractivity contribution < 1.29 is 18.7 Å². The van der Waals surface area contributed by atoms with E-state index in [1.54, 1.807) is 30.5 Å². The van der Waals surface area contributed by atoms with Crippen LogP contribution in [0.1, 0.15) is 16.7 Å². The number of nitrogens with one attached hydrogen (secondary N) is 1. The van der Waals surface area contributed by atoms with Crippen LogP contribution in [0.15, 0.2) is 47.1 Å². The molecule has 1 aromatic carbocycles. The van der Waals surface area contributed by atoms with E-state index in [0.717, 1.165) is 5.56 Å². The monoisotopic (exact) mass is 332 g/mol. The fraction of sp³-hybridized carbons (Fsp3) is 0.250. The molecule has 2 amide bonds. The fourth-order valence-electron chi connectivity index (χ4n) is 2.14. The normalized spacial score (nSPS) is 17.3. The molecule has 1 aromatic heterocycles. The average Bonchev–Trinajstić information content (AvgIpc) is 3.18. The third-order valence-electron chi connectivity index (χ3n) is 3.29. The second kappa shape index (κ2) is 6.78. The van der Waals surface area contributed by atoms with Gasteiger partial charge in [0.2, 0.25) is 0 Å². The minimum atomic E-state index is -0.391. The quantitative estimate of drug-likeness (QED) is 0.909. The molecule has 3 rings (SSSR count). The lowest BCUT2D eigenvalue weighted by Crippen LogP contribution is -2.46. The maximum Gasteiger partial charge on any atom is 0.276 e. The highest BCUT2D eigenvalue weighted by molar-refractivity contribution is 8.00. The van der Waals surface area contributed by atoms with Crippen molar-refractivity contribution in [3.05, 3.63) is 54.0 Å². The zero-order chi connectivity index (χ0) is 16.2. The van der Waals surface area contributed by atoms with Crippen LogP contribution in [0, 0.1) is 6.92 Å². The topological polar surface area (TPSA) is 71.8 Å². The van der Waals surface area contributed by atoms with Gasteiger partial charge >= 0.3 is 0 Å². The predicted octanol–water partition coefficient (Wildman–Crippen LogP) is 2.27. The lowest BCUT2D eigenvalue weighted by molar-refractivity contribution is -0.140. The highest BCUT2D eigenvalue weighted by Crippen LogP contribution is 2.37.